The molecule has 27 heavy (non-hydrogen) atoms. The van der Waals surface area contributed by atoms with Crippen LogP contribution >= 0.6 is 0 Å². The van der Waals surface area contributed by atoms with Crippen LogP contribution in [-0.2, 0) is 10.0 Å². The lowest BCUT2D eigenvalue weighted by atomic mass is 9.97. The number of nitrogens with zero attached hydrogens (tertiary/aromatic N) is 1. The Labute approximate surface area is 158 Å². The SMILES string of the molecule is CCOc1ccc2c(c1)O[C@]1(C=C2)CCN(S(=O)(=O)c2ccc(F)cc2)C1. The molecule has 7 heteroatoms. The van der Waals surface area contributed by atoms with Gasteiger partial charge < -0.3 is 9.47 Å². The van der Waals surface area contributed by atoms with Crippen LogP contribution in [0.5, 0.6) is 11.5 Å². The molecule has 1 spiro atoms. The number of fused-ring (bicyclic) bond motifs is 1. The monoisotopic (exact) mass is 389 g/mol. The quantitative estimate of drug-likeness (QED) is 0.804. The second kappa shape index (κ2) is 6.65. The summed E-state index contributed by atoms with van der Waals surface area (Å²) in [5.41, 5.74) is 0.231. The fourth-order valence-corrected chi connectivity index (χ4v) is 4.94. The Kier molecular flexibility index (Phi) is 4.44. The van der Waals surface area contributed by atoms with Crippen molar-refractivity contribution in [3.8, 4) is 11.5 Å². The zero-order valence-electron chi connectivity index (χ0n) is 14.9. The highest BCUT2D eigenvalue weighted by atomic mass is 32.2. The maximum absolute atomic E-state index is 13.1. The summed E-state index contributed by atoms with van der Waals surface area (Å²) in [5, 5.41) is 0. The molecule has 2 aliphatic heterocycles. The Bertz CT molecular complexity index is 988. The standard InChI is InChI=1S/C20H20FNO4S/c1-2-25-17-6-3-15-9-10-20(26-19(15)13-17)11-12-22(14-20)27(23,24)18-7-4-16(21)5-8-18/h3-10,13H,2,11-12,14H2,1H3/t20-/m1/s1. The fourth-order valence-electron chi connectivity index (χ4n) is 3.44. The summed E-state index contributed by atoms with van der Waals surface area (Å²) in [6.07, 6.45) is 4.43. The van der Waals surface area contributed by atoms with E-state index in [2.05, 4.69) is 0 Å². The summed E-state index contributed by atoms with van der Waals surface area (Å²) in [4.78, 5) is 0.0831. The minimum atomic E-state index is -3.70. The zero-order chi connectivity index (χ0) is 19.1. The summed E-state index contributed by atoms with van der Waals surface area (Å²) < 4.78 is 52.0. The highest BCUT2D eigenvalue weighted by Crippen LogP contribution is 2.39. The molecule has 4 rings (SSSR count). The lowest BCUT2D eigenvalue weighted by molar-refractivity contribution is 0.132. The van der Waals surface area contributed by atoms with Crippen molar-refractivity contribution in [2.45, 2.75) is 23.8 Å². The van der Waals surface area contributed by atoms with Gasteiger partial charge in [0.2, 0.25) is 10.0 Å². The molecule has 0 aromatic heterocycles. The van der Waals surface area contributed by atoms with Crippen molar-refractivity contribution < 1.29 is 22.3 Å². The summed E-state index contributed by atoms with van der Waals surface area (Å²) in [6, 6.07) is 10.5. The van der Waals surface area contributed by atoms with Gasteiger partial charge in [-0.1, -0.05) is 6.08 Å². The predicted molar refractivity (Wildman–Crippen MR) is 99.8 cm³/mol. The first-order chi connectivity index (χ1) is 12.9. The van der Waals surface area contributed by atoms with Crippen molar-refractivity contribution in [2.24, 2.45) is 0 Å². The van der Waals surface area contributed by atoms with E-state index in [1.807, 2.05) is 37.3 Å². The number of benzene rings is 2. The van der Waals surface area contributed by atoms with Crippen molar-refractivity contribution in [1.82, 2.24) is 4.31 Å². The van der Waals surface area contributed by atoms with Crippen LogP contribution in [0.3, 0.4) is 0 Å². The third kappa shape index (κ3) is 3.33. The lowest BCUT2D eigenvalue weighted by Gasteiger charge is -2.31. The minimum Gasteiger partial charge on any atom is -0.494 e. The van der Waals surface area contributed by atoms with E-state index in [0.29, 0.717) is 25.3 Å². The van der Waals surface area contributed by atoms with Gasteiger partial charge in [-0.2, -0.15) is 4.31 Å². The Hall–Kier alpha value is -2.38. The zero-order valence-corrected chi connectivity index (χ0v) is 15.7. The third-order valence-corrected chi connectivity index (χ3v) is 6.72. The molecule has 2 aromatic carbocycles. The molecule has 1 atom stereocenters. The van der Waals surface area contributed by atoms with Crippen LogP contribution < -0.4 is 9.47 Å². The second-order valence-electron chi connectivity index (χ2n) is 6.68. The Balaban J connectivity index is 1.57. The topological polar surface area (TPSA) is 55.8 Å². The van der Waals surface area contributed by atoms with E-state index in [-0.39, 0.29) is 11.4 Å². The first-order valence-corrected chi connectivity index (χ1v) is 10.3. The van der Waals surface area contributed by atoms with Gasteiger partial charge in [-0.05, 0) is 49.4 Å². The normalized spacial score (nSPS) is 21.9. The summed E-state index contributed by atoms with van der Waals surface area (Å²) in [5.74, 6) is 0.937. The predicted octanol–water partition coefficient (Wildman–Crippen LogP) is 3.46. The van der Waals surface area contributed by atoms with Crippen LogP contribution in [-0.4, -0.2) is 38.0 Å². The molecule has 1 saturated heterocycles. The van der Waals surface area contributed by atoms with Gasteiger partial charge in [0.1, 0.15) is 22.9 Å². The molecule has 0 N–H and O–H groups in total. The molecular weight excluding hydrogens is 369 g/mol. The van der Waals surface area contributed by atoms with Gasteiger partial charge in [0.05, 0.1) is 18.0 Å². The highest BCUT2D eigenvalue weighted by Gasteiger charge is 2.44. The molecule has 2 heterocycles. The van der Waals surface area contributed by atoms with E-state index >= 15 is 0 Å². The van der Waals surface area contributed by atoms with Crippen LogP contribution in [0.25, 0.3) is 6.08 Å². The van der Waals surface area contributed by atoms with Gasteiger partial charge in [-0.15, -0.1) is 0 Å². The Morgan fingerprint density at radius 2 is 2.00 bits per heavy atom. The van der Waals surface area contributed by atoms with Gasteiger partial charge in [0.15, 0.2) is 0 Å². The number of halogens is 1. The molecule has 2 aromatic rings. The van der Waals surface area contributed by atoms with Crippen molar-refractivity contribution >= 4 is 16.1 Å². The van der Waals surface area contributed by atoms with Gasteiger partial charge in [-0.3, -0.25) is 0 Å². The first-order valence-electron chi connectivity index (χ1n) is 8.83. The molecule has 0 aliphatic carbocycles. The molecule has 1 fully saturated rings. The van der Waals surface area contributed by atoms with E-state index in [9.17, 15) is 12.8 Å². The van der Waals surface area contributed by atoms with Crippen molar-refractivity contribution in [3.05, 3.63) is 59.9 Å². The first kappa shape index (κ1) is 18.0. The van der Waals surface area contributed by atoms with Crippen LogP contribution in [0.2, 0.25) is 0 Å². The number of hydrogen-bond acceptors (Lipinski definition) is 4. The van der Waals surface area contributed by atoms with Crippen molar-refractivity contribution in [2.75, 3.05) is 19.7 Å². The van der Waals surface area contributed by atoms with Gasteiger partial charge in [-0.25, -0.2) is 12.8 Å². The summed E-state index contributed by atoms with van der Waals surface area (Å²) in [6.45, 7) is 3.02. The number of rotatable bonds is 4. The molecule has 0 bridgehead atoms. The van der Waals surface area contributed by atoms with E-state index in [1.54, 1.807) is 0 Å². The average molecular weight is 389 g/mol. The van der Waals surface area contributed by atoms with Crippen molar-refractivity contribution in [1.29, 1.82) is 0 Å². The largest absolute Gasteiger partial charge is 0.494 e. The van der Waals surface area contributed by atoms with Crippen LogP contribution in [0.4, 0.5) is 4.39 Å². The van der Waals surface area contributed by atoms with Crippen LogP contribution in [0, 0.1) is 5.82 Å². The molecule has 0 unspecified atom stereocenters. The van der Waals surface area contributed by atoms with Crippen LogP contribution in [0.15, 0.2) is 53.4 Å². The molecular formula is C20H20FNO4S. The molecule has 0 radical (unpaired) electrons. The van der Waals surface area contributed by atoms with Gasteiger partial charge in [0.25, 0.3) is 0 Å². The Morgan fingerprint density at radius 1 is 1.22 bits per heavy atom. The third-order valence-electron chi connectivity index (χ3n) is 4.86. The van der Waals surface area contributed by atoms with Crippen LogP contribution in [0.1, 0.15) is 18.9 Å². The van der Waals surface area contributed by atoms with Gasteiger partial charge in [0, 0.05) is 24.6 Å². The number of sulfonamides is 1. The molecule has 0 amide bonds. The van der Waals surface area contributed by atoms with E-state index in [1.165, 1.54) is 16.4 Å². The fraction of sp³-hybridized carbons (Fsp3) is 0.300. The maximum Gasteiger partial charge on any atom is 0.243 e. The second-order valence-corrected chi connectivity index (χ2v) is 8.61. The number of hydrogen-bond donors (Lipinski definition) is 0. The van der Waals surface area contributed by atoms with E-state index < -0.39 is 21.4 Å². The minimum absolute atomic E-state index is 0.0831. The van der Waals surface area contributed by atoms with Gasteiger partial charge >= 0.3 is 0 Å². The molecule has 142 valence electrons. The molecule has 0 saturated carbocycles. The smallest absolute Gasteiger partial charge is 0.243 e. The number of ether oxygens (including phenoxy) is 2. The molecule has 2 aliphatic rings. The van der Waals surface area contributed by atoms with E-state index in [0.717, 1.165) is 23.4 Å². The summed E-state index contributed by atoms with van der Waals surface area (Å²) in [7, 11) is -3.70. The highest BCUT2D eigenvalue weighted by molar-refractivity contribution is 7.89. The van der Waals surface area contributed by atoms with E-state index in [4.69, 9.17) is 9.47 Å². The maximum atomic E-state index is 13.1. The molecule has 5 nitrogen and oxygen atoms in total. The lowest BCUT2D eigenvalue weighted by Crippen LogP contribution is -2.40. The van der Waals surface area contributed by atoms with Crippen molar-refractivity contribution in [3.63, 3.8) is 0 Å². The average Bonchev–Trinajstić information content (AvgIpc) is 3.06. The summed E-state index contributed by atoms with van der Waals surface area (Å²) >= 11 is 0. The Morgan fingerprint density at radius 3 is 2.74 bits per heavy atom.